The number of methoxy groups -OCH3 is 2. The first-order valence-electron chi connectivity index (χ1n) is 8.45. The van der Waals surface area contributed by atoms with Gasteiger partial charge in [0.2, 0.25) is 0 Å². The fraction of sp³-hybridized carbons (Fsp3) is 0.190. The molecule has 1 heterocycles. The zero-order valence-corrected chi connectivity index (χ0v) is 15.9. The lowest BCUT2D eigenvalue weighted by Crippen LogP contribution is -2.24. The monoisotopic (exact) mass is 385 g/mol. The van der Waals surface area contributed by atoms with Gasteiger partial charge in [-0.25, -0.2) is 4.39 Å². The van der Waals surface area contributed by atoms with Crippen molar-refractivity contribution >= 4 is 17.2 Å². The Kier molecular flexibility index (Phi) is 6.08. The largest absolute Gasteiger partial charge is 0.493 e. The zero-order valence-electron chi connectivity index (χ0n) is 15.1. The third-order valence-corrected chi connectivity index (χ3v) is 5.24. The summed E-state index contributed by atoms with van der Waals surface area (Å²) in [5.41, 5.74) is 1.94. The van der Waals surface area contributed by atoms with E-state index in [1.54, 1.807) is 32.4 Å². The molecule has 4 nitrogen and oxygen atoms in total. The van der Waals surface area contributed by atoms with Gasteiger partial charge in [-0.15, -0.1) is 11.3 Å². The number of thiophene rings is 1. The number of hydrogen-bond donors (Lipinski definition) is 1. The number of ether oxygens (including phenoxy) is 2. The maximum Gasteiger partial charge on any atom is 0.261 e. The van der Waals surface area contributed by atoms with E-state index in [9.17, 15) is 9.18 Å². The Balaban J connectivity index is 1.58. The molecule has 0 aliphatic carbocycles. The van der Waals surface area contributed by atoms with Crippen molar-refractivity contribution in [3.8, 4) is 21.9 Å². The van der Waals surface area contributed by atoms with E-state index in [-0.39, 0.29) is 11.7 Å². The second kappa shape index (κ2) is 8.68. The van der Waals surface area contributed by atoms with Crippen LogP contribution in [0.25, 0.3) is 10.4 Å². The van der Waals surface area contributed by atoms with Gasteiger partial charge >= 0.3 is 0 Å². The third kappa shape index (κ3) is 4.65. The highest BCUT2D eigenvalue weighted by Crippen LogP contribution is 2.29. The molecule has 0 atom stereocenters. The smallest absolute Gasteiger partial charge is 0.261 e. The fourth-order valence-electron chi connectivity index (χ4n) is 2.67. The van der Waals surface area contributed by atoms with Gasteiger partial charge in [-0.1, -0.05) is 18.2 Å². The number of halogens is 1. The standard InChI is InChI=1S/C21H20FNO3S/c1-25-17-8-3-14(13-18(17)26-2)11-12-23-21(24)20-10-9-19(27-20)15-4-6-16(22)7-5-15/h3-10,13H,11-12H2,1-2H3,(H,23,24). The van der Waals surface area contributed by atoms with Gasteiger partial charge in [-0.2, -0.15) is 0 Å². The first-order valence-corrected chi connectivity index (χ1v) is 9.27. The van der Waals surface area contributed by atoms with E-state index in [4.69, 9.17) is 9.47 Å². The summed E-state index contributed by atoms with van der Waals surface area (Å²) in [7, 11) is 3.19. The topological polar surface area (TPSA) is 47.6 Å². The molecule has 6 heteroatoms. The average molecular weight is 385 g/mol. The van der Waals surface area contributed by atoms with E-state index in [0.717, 1.165) is 16.0 Å². The zero-order chi connectivity index (χ0) is 19.2. The first kappa shape index (κ1) is 18.9. The van der Waals surface area contributed by atoms with E-state index in [1.807, 2.05) is 24.3 Å². The van der Waals surface area contributed by atoms with Crippen LogP contribution in [0, 0.1) is 5.82 Å². The Morgan fingerprint density at radius 1 is 1.00 bits per heavy atom. The molecule has 0 saturated carbocycles. The van der Waals surface area contributed by atoms with Crippen LogP contribution >= 0.6 is 11.3 Å². The molecule has 2 aromatic carbocycles. The van der Waals surface area contributed by atoms with Crippen LogP contribution in [0.2, 0.25) is 0 Å². The summed E-state index contributed by atoms with van der Waals surface area (Å²) in [5, 5.41) is 2.93. The van der Waals surface area contributed by atoms with Crippen molar-refractivity contribution < 1.29 is 18.7 Å². The van der Waals surface area contributed by atoms with Crippen LogP contribution in [0.5, 0.6) is 11.5 Å². The van der Waals surface area contributed by atoms with E-state index in [2.05, 4.69) is 5.32 Å². The van der Waals surface area contributed by atoms with Crippen molar-refractivity contribution in [1.82, 2.24) is 5.32 Å². The van der Waals surface area contributed by atoms with Crippen molar-refractivity contribution in [3.63, 3.8) is 0 Å². The Bertz CT molecular complexity index is 921. The summed E-state index contributed by atoms with van der Waals surface area (Å²) >= 11 is 1.39. The highest BCUT2D eigenvalue weighted by Gasteiger charge is 2.11. The molecule has 0 unspecified atom stereocenters. The van der Waals surface area contributed by atoms with Gasteiger partial charge in [0.05, 0.1) is 19.1 Å². The Hall–Kier alpha value is -2.86. The molecule has 0 spiro atoms. The molecule has 0 fully saturated rings. The van der Waals surface area contributed by atoms with Gasteiger partial charge < -0.3 is 14.8 Å². The van der Waals surface area contributed by atoms with Crippen molar-refractivity contribution in [1.29, 1.82) is 0 Å². The second-order valence-corrected chi connectivity index (χ2v) is 6.95. The lowest BCUT2D eigenvalue weighted by molar-refractivity contribution is 0.0958. The second-order valence-electron chi connectivity index (χ2n) is 5.87. The van der Waals surface area contributed by atoms with E-state index in [0.29, 0.717) is 29.3 Å². The van der Waals surface area contributed by atoms with Crippen molar-refractivity contribution in [3.05, 3.63) is 70.9 Å². The summed E-state index contributed by atoms with van der Waals surface area (Å²) in [4.78, 5) is 13.9. The summed E-state index contributed by atoms with van der Waals surface area (Å²) in [5.74, 6) is 0.956. The van der Waals surface area contributed by atoms with E-state index in [1.165, 1.54) is 23.5 Å². The van der Waals surface area contributed by atoms with Crippen molar-refractivity contribution in [2.45, 2.75) is 6.42 Å². The molecule has 0 saturated heterocycles. The minimum absolute atomic E-state index is 0.117. The number of hydrogen-bond acceptors (Lipinski definition) is 4. The number of amides is 1. The predicted molar refractivity (Wildman–Crippen MR) is 105 cm³/mol. The number of benzene rings is 2. The van der Waals surface area contributed by atoms with E-state index >= 15 is 0 Å². The third-order valence-electron chi connectivity index (χ3n) is 4.11. The molecular weight excluding hydrogens is 365 g/mol. The van der Waals surface area contributed by atoms with Crippen LogP contribution in [0.3, 0.4) is 0 Å². The minimum Gasteiger partial charge on any atom is -0.493 e. The van der Waals surface area contributed by atoms with Crippen LogP contribution in [-0.2, 0) is 6.42 Å². The van der Waals surface area contributed by atoms with Gasteiger partial charge in [0, 0.05) is 11.4 Å². The molecule has 140 valence electrons. The van der Waals surface area contributed by atoms with Gasteiger partial charge in [0.1, 0.15) is 5.82 Å². The van der Waals surface area contributed by atoms with Crippen LogP contribution in [0.1, 0.15) is 15.2 Å². The quantitative estimate of drug-likeness (QED) is 0.649. The molecule has 0 bridgehead atoms. The highest BCUT2D eigenvalue weighted by atomic mass is 32.1. The number of nitrogens with one attached hydrogen (secondary N) is 1. The van der Waals surface area contributed by atoms with Gasteiger partial charge in [-0.3, -0.25) is 4.79 Å². The van der Waals surface area contributed by atoms with Gasteiger partial charge in [-0.05, 0) is 53.9 Å². The number of rotatable bonds is 7. The molecular formula is C21H20FNO3S. The number of carbonyl (C=O) groups is 1. The lowest BCUT2D eigenvalue weighted by atomic mass is 10.1. The molecule has 1 amide bonds. The fourth-order valence-corrected chi connectivity index (χ4v) is 3.60. The molecule has 0 aliphatic rings. The summed E-state index contributed by atoms with van der Waals surface area (Å²) < 4.78 is 23.5. The van der Waals surface area contributed by atoms with Gasteiger partial charge in [0.15, 0.2) is 11.5 Å². The molecule has 1 N–H and O–H groups in total. The first-order chi connectivity index (χ1) is 13.1. The van der Waals surface area contributed by atoms with Crippen LogP contribution in [0.4, 0.5) is 4.39 Å². The molecule has 3 aromatic rings. The minimum atomic E-state index is -0.275. The van der Waals surface area contributed by atoms with Crippen molar-refractivity contribution in [2.75, 3.05) is 20.8 Å². The summed E-state index contributed by atoms with van der Waals surface area (Å²) in [6.45, 7) is 0.512. The molecule has 1 aromatic heterocycles. The Morgan fingerprint density at radius 2 is 1.74 bits per heavy atom. The maximum atomic E-state index is 13.0. The van der Waals surface area contributed by atoms with Crippen LogP contribution in [0.15, 0.2) is 54.6 Å². The van der Waals surface area contributed by atoms with E-state index < -0.39 is 0 Å². The van der Waals surface area contributed by atoms with Crippen molar-refractivity contribution in [2.24, 2.45) is 0 Å². The average Bonchev–Trinajstić information content (AvgIpc) is 3.18. The Labute approximate surface area is 161 Å². The Morgan fingerprint density at radius 3 is 2.44 bits per heavy atom. The SMILES string of the molecule is COc1ccc(CCNC(=O)c2ccc(-c3ccc(F)cc3)s2)cc1OC. The normalized spacial score (nSPS) is 10.5. The molecule has 3 rings (SSSR count). The molecule has 27 heavy (non-hydrogen) atoms. The summed E-state index contributed by atoms with van der Waals surface area (Å²) in [6.07, 6.45) is 0.683. The lowest BCUT2D eigenvalue weighted by Gasteiger charge is -2.10. The summed E-state index contributed by atoms with van der Waals surface area (Å²) in [6, 6.07) is 15.6. The highest BCUT2D eigenvalue weighted by molar-refractivity contribution is 7.17. The maximum absolute atomic E-state index is 13.0. The molecule has 0 aliphatic heterocycles. The predicted octanol–water partition coefficient (Wildman–Crippen LogP) is 4.54. The molecule has 0 radical (unpaired) electrons. The number of carbonyl (C=O) groups excluding carboxylic acids is 1. The van der Waals surface area contributed by atoms with Crippen LogP contribution in [-0.4, -0.2) is 26.7 Å². The van der Waals surface area contributed by atoms with Crippen LogP contribution < -0.4 is 14.8 Å². The van der Waals surface area contributed by atoms with Gasteiger partial charge in [0.25, 0.3) is 5.91 Å².